The summed E-state index contributed by atoms with van der Waals surface area (Å²) < 4.78 is 62.4. The van der Waals surface area contributed by atoms with Gasteiger partial charge in [0.25, 0.3) is 5.56 Å². The molecule has 2 bridgehead atoms. The number of hydrogen-bond donors (Lipinski definition) is 7. The summed E-state index contributed by atoms with van der Waals surface area (Å²) in [5.74, 6) is -0.153. The molecular formula is C27H29N9O13P2. The number of nitrogen functional groups attached to an aromatic ring is 2. The van der Waals surface area contributed by atoms with Crippen molar-refractivity contribution in [2.45, 2.75) is 49.1 Å². The Morgan fingerprint density at radius 1 is 0.843 bits per heavy atom. The number of nitrogens with two attached hydrogens (primary N) is 2. The molecule has 24 heteroatoms. The van der Waals surface area contributed by atoms with Crippen LogP contribution in [-0.4, -0.2) is 104 Å². The monoisotopic (exact) mass is 749 g/mol. The third kappa shape index (κ3) is 6.04. The van der Waals surface area contributed by atoms with Crippen molar-refractivity contribution in [1.29, 1.82) is 0 Å². The van der Waals surface area contributed by atoms with Gasteiger partial charge in [0.15, 0.2) is 23.6 Å². The molecule has 0 aliphatic carbocycles. The summed E-state index contributed by atoms with van der Waals surface area (Å²) in [5.41, 5.74) is 12.5. The number of anilines is 2. The molecule has 22 nitrogen and oxygen atoms in total. The summed E-state index contributed by atoms with van der Waals surface area (Å²) in [6, 6.07) is 9.08. The summed E-state index contributed by atoms with van der Waals surface area (Å²) in [5, 5.41) is 23.1. The van der Waals surface area contributed by atoms with E-state index >= 15 is 0 Å². The maximum Gasteiger partial charge on any atom is 0.472 e. The maximum absolute atomic E-state index is 13.4. The van der Waals surface area contributed by atoms with E-state index in [0.29, 0.717) is 10.9 Å². The van der Waals surface area contributed by atoms with Crippen LogP contribution in [0, 0.1) is 0 Å². The van der Waals surface area contributed by atoms with Gasteiger partial charge < -0.3 is 45.5 Å². The largest absolute Gasteiger partial charge is 0.472 e. The van der Waals surface area contributed by atoms with Crippen molar-refractivity contribution < 1.29 is 56.7 Å². The van der Waals surface area contributed by atoms with Gasteiger partial charge in [-0.25, -0.2) is 24.1 Å². The summed E-state index contributed by atoms with van der Waals surface area (Å²) in [6.45, 7) is -1.66. The van der Waals surface area contributed by atoms with Crippen molar-refractivity contribution in [3.05, 3.63) is 59.5 Å². The number of phosphoric acid groups is 2. The summed E-state index contributed by atoms with van der Waals surface area (Å²) >= 11 is 0. The van der Waals surface area contributed by atoms with Gasteiger partial charge >= 0.3 is 15.6 Å². The third-order valence-electron chi connectivity index (χ3n) is 8.66. The van der Waals surface area contributed by atoms with E-state index in [9.17, 15) is 33.9 Å². The molecule has 0 radical (unpaired) electrons. The topological polar surface area (TPSA) is 317 Å². The second-order valence-corrected chi connectivity index (χ2v) is 14.6. The first kappa shape index (κ1) is 34.0. The Morgan fingerprint density at radius 3 is 2.27 bits per heavy atom. The molecule has 3 aliphatic heterocycles. The standard InChI is InChI=1S/C27H29N9O13P2/c28-21-15-12(11-4-2-1-3-5-11)6-35(22(15)31-9-30-21)25-18(38)19-14(47-25)8-45-51(42,43)49-20-17(37)13(7-44-50(40,41)48-19)46-26(20)36-10-32-16-23(36)33-27(29)34-24(16)39/h1-6,9-10,13-14,17-20,25-26,37-38H,7-8H2,(H,40,41)(H,42,43)(H2,28,30,31)(H3,29,33,34,39)/t13-,14-,17-,18-,19-,20-,25-,26-/m1/s1. The van der Waals surface area contributed by atoms with Crippen LogP contribution in [0.5, 0.6) is 0 Å². The number of H-pyrrole nitrogens is 1. The number of phosphoric ester groups is 2. The van der Waals surface area contributed by atoms with Gasteiger partial charge in [0.2, 0.25) is 5.95 Å². The molecule has 3 aliphatic rings. The molecule has 3 saturated heterocycles. The van der Waals surface area contributed by atoms with Crippen molar-refractivity contribution in [2.75, 3.05) is 24.7 Å². The van der Waals surface area contributed by atoms with E-state index in [4.69, 9.17) is 39.0 Å². The van der Waals surface area contributed by atoms with Gasteiger partial charge in [-0.05, 0) is 5.56 Å². The number of fused-ring (bicyclic) bond motifs is 5. The van der Waals surface area contributed by atoms with Gasteiger partial charge in [-0.2, -0.15) is 4.98 Å². The molecule has 270 valence electrons. The minimum atomic E-state index is -5.15. The van der Waals surface area contributed by atoms with Crippen LogP contribution < -0.4 is 17.0 Å². The van der Waals surface area contributed by atoms with E-state index in [1.807, 2.05) is 30.3 Å². The molecule has 8 rings (SSSR count). The maximum atomic E-state index is 13.4. The van der Waals surface area contributed by atoms with Crippen LogP contribution in [-0.2, 0) is 36.7 Å². The number of aliphatic hydroxyl groups is 2. The molecule has 7 heterocycles. The normalized spacial score (nSPS) is 34.6. The fourth-order valence-corrected chi connectivity index (χ4v) is 8.28. The third-order valence-corrected chi connectivity index (χ3v) is 10.6. The molecule has 1 aromatic carbocycles. The molecule has 3 fully saturated rings. The first-order chi connectivity index (χ1) is 24.3. The zero-order chi connectivity index (χ0) is 35.8. The lowest BCUT2D eigenvalue weighted by atomic mass is 10.1. The lowest BCUT2D eigenvalue weighted by Crippen LogP contribution is -2.36. The molecule has 0 saturated carbocycles. The number of benzene rings is 1. The van der Waals surface area contributed by atoms with E-state index in [0.717, 1.165) is 16.5 Å². The van der Waals surface area contributed by atoms with Crippen molar-refractivity contribution in [3.63, 3.8) is 0 Å². The van der Waals surface area contributed by atoms with E-state index in [1.165, 1.54) is 10.9 Å². The number of ether oxygens (including phenoxy) is 2. The number of aromatic nitrogens is 7. The number of nitrogens with one attached hydrogen (secondary N) is 1. The molecular weight excluding hydrogens is 720 g/mol. The van der Waals surface area contributed by atoms with E-state index in [-0.39, 0.29) is 28.6 Å². The van der Waals surface area contributed by atoms with Crippen molar-refractivity contribution in [2.24, 2.45) is 0 Å². The molecule has 2 unspecified atom stereocenters. The second kappa shape index (κ2) is 12.5. The average Bonchev–Trinajstić information content (AvgIpc) is 3.83. The number of aliphatic hydroxyl groups excluding tert-OH is 2. The molecule has 51 heavy (non-hydrogen) atoms. The van der Waals surface area contributed by atoms with Gasteiger partial charge in [-0.15, -0.1) is 0 Å². The average molecular weight is 750 g/mol. The van der Waals surface area contributed by atoms with Crippen LogP contribution in [0.1, 0.15) is 12.5 Å². The minimum Gasteiger partial charge on any atom is -0.387 e. The van der Waals surface area contributed by atoms with Crippen LogP contribution in [0.15, 0.2) is 54.0 Å². The molecule has 0 amide bonds. The Labute approximate surface area is 284 Å². The van der Waals surface area contributed by atoms with Gasteiger partial charge in [-0.1, -0.05) is 30.3 Å². The fraction of sp³-hybridized carbons (Fsp3) is 0.370. The number of imidazole rings is 1. The summed E-state index contributed by atoms with van der Waals surface area (Å²) in [4.78, 5) is 52.7. The smallest absolute Gasteiger partial charge is 0.387 e. The predicted octanol–water partition coefficient (Wildman–Crippen LogP) is -0.0695. The first-order valence-electron chi connectivity index (χ1n) is 15.2. The molecule has 5 aromatic rings. The Morgan fingerprint density at radius 2 is 1.53 bits per heavy atom. The molecule has 9 N–H and O–H groups in total. The van der Waals surface area contributed by atoms with Crippen LogP contribution in [0.4, 0.5) is 11.8 Å². The Bertz CT molecular complexity index is 2290. The summed E-state index contributed by atoms with van der Waals surface area (Å²) in [6.07, 6.45) is -8.85. The zero-order valence-corrected chi connectivity index (χ0v) is 27.6. The highest BCUT2D eigenvalue weighted by molar-refractivity contribution is 7.47. The lowest BCUT2D eigenvalue weighted by molar-refractivity contribution is -0.0671. The molecule has 0 spiro atoms. The number of nitrogens with zero attached hydrogens (tertiary/aromatic N) is 6. The van der Waals surface area contributed by atoms with Crippen LogP contribution >= 0.6 is 15.6 Å². The molecule has 10 atom stereocenters. The predicted molar refractivity (Wildman–Crippen MR) is 171 cm³/mol. The van der Waals surface area contributed by atoms with Crippen LogP contribution in [0.2, 0.25) is 0 Å². The van der Waals surface area contributed by atoms with Gasteiger partial charge in [0.05, 0.1) is 24.9 Å². The van der Waals surface area contributed by atoms with Crippen LogP contribution in [0.25, 0.3) is 33.3 Å². The molecule has 4 aromatic heterocycles. The minimum absolute atomic E-state index is 0.128. The lowest BCUT2D eigenvalue weighted by Gasteiger charge is -2.25. The van der Waals surface area contributed by atoms with Gasteiger partial charge in [0.1, 0.15) is 54.4 Å². The van der Waals surface area contributed by atoms with Crippen molar-refractivity contribution in [3.8, 4) is 11.1 Å². The Hall–Kier alpha value is -4.15. The second-order valence-electron chi connectivity index (χ2n) is 11.8. The fourth-order valence-electron chi connectivity index (χ4n) is 6.38. The van der Waals surface area contributed by atoms with E-state index < -0.39 is 83.5 Å². The van der Waals surface area contributed by atoms with Crippen molar-refractivity contribution in [1.82, 2.24) is 34.1 Å². The highest BCUT2D eigenvalue weighted by Crippen LogP contribution is 2.54. The van der Waals surface area contributed by atoms with Gasteiger partial charge in [-0.3, -0.25) is 32.4 Å². The number of rotatable bonds is 3. The highest BCUT2D eigenvalue weighted by Gasteiger charge is 2.54. The van der Waals surface area contributed by atoms with Gasteiger partial charge in [0, 0.05) is 11.8 Å². The first-order valence-corrected chi connectivity index (χ1v) is 18.2. The Kier molecular flexibility index (Phi) is 8.33. The number of hydrogen-bond acceptors (Lipinski definition) is 17. The number of aromatic amines is 1. The van der Waals surface area contributed by atoms with E-state index in [2.05, 4.69) is 24.9 Å². The zero-order valence-electron chi connectivity index (χ0n) is 25.8. The summed E-state index contributed by atoms with van der Waals surface area (Å²) in [7, 11) is -10.3. The quantitative estimate of drug-likeness (QED) is 0.119. The highest BCUT2D eigenvalue weighted by atomic mass is 31.2. The van der Waals surface area contributed by atoms with Crippen LogP contribution in [0.3, 0.4) is 0 Å². The Balaban J connectivity index is 1.13. The van der Waals surface area contributed by atoms with Crippen molar-refractivity contribution >= 4 is 49.6 Å². The SMILES string of the molecule is Nc1nc2c(ncn2[C@@H]2O[C@@H]3COP(=O)(O)O[C@H]4[C@@H](O)[C@H](n5cc(-c6ccccc6)c6c(N)ncnc65)O[C@@H]4COP(=O)(O)O[C@@H]2[C@@H]3O)c(=O)[nH]1. The van der Waals surface area contributed by atoms with E-state index in [1.54, 1.807) is 6.20 Å².